The molecule has 3 aromatic rings. The van der Waals surface area contributed by atoms with Gasteiger partial charge in [-0.05, 0) is 17.2 Å². The van der Waals surface area contributed by atoms with E-state index >= 15 is 0 Å². The van der Waals surface area contributed by atoms with Crippen molar-refractivity contribution in [2.24, 2.45) is 0 Å². The molecule has 0 amide bonds. The molecule has 132 valence electrons. The molecule has 0 fully saturated rings. The molecular formula is C20H18N2O4. The number of carboxylic acid groups (broad SMARTS) is 2. The molecule has 0 saturated heterocycles. The van der Waals surface area contributed by atoms with E-state index < -0.39 is 17.9 Å². The first-order chi connectivity index (χ1) is 12.5. The lowest BCUT2D eigenvalue weighted by Crippen LogP contribution is -2.36. The highest BCUT2D eigenvalue weighted by Crippen LogP contribution is 2.35. The van der Waals surface area contributed by atoms with Crippen LogP contribution >= 0.6 is 0 Å². The number of rotatable bonds is 4. The predicted octanol–water partition coefficient (Wildman–Crippen LogP) is 3.05. The minimum Gasteiger partial charge on any atom is -0.481 e. The molecule has 3 N–H and O–H groups in total. The van der Waals surface area contributed by atoms with E-state index in [-0.39, 0.29) is 5.56 Å². The number of aromatic nitrogens is 1. The number of aliphatic carboxylic acids is 1. The Bertz CT molecular complexity index is 994. The van der Waals surface area contributed by atoms with Crippen molar-refractivity contribution in [3.8, 4) is 0 Å². The van der Waals surface area contributed by atoms with Crippen LogP contribution in [0.4, 0.5) is 0 Å². The van der Waals surface area contributed by atoms with Gasteiger partial charge in [-0.3, -0.25) is 9.69 Å². The molecule has 0 saturated carbocycles. The number of benzene rings is 2. The number of carbonyl (C=O) groups is 2. The van der Waals surface area contributed by atoms with E-state index in [0.717, 1.165) is 16.5 Å². The normalized spacial score (nSPS) is 17.2. The highest BCUT2D eigenvalue weighted by Gasteiger charge is 2.34. The molecular weight excluding hydrogens is 332 g/mol. The monoisotopic (exact) mass is 350 g/mol. The average Bonchev–Trinajstić information content (AvgIpc) is 3.00. The number of nitrogens with zero attached hydrogens (tertiary/aromatic N) is 1. The van der Waals surface area contributed by atoms with E-state index in [1.165, 1.54) is 6.07 Å². The minimum atomic E-state index is -1.03. The van der Waals surface area contributed by atoms with Crippen LogP contribution in [0.2, 0.25) is 0 Å². The maximum absolute atomic E-state index is 11.8. The third-order valence-corrected chi connectivity index (χ3v) is 4.92. The number of para-hydroxylation sites is 1. The summed E-state index contributed by atoms with van der Waals surface area (Å²) in [6.07, 6.45) is 0. The summed E-state index contributed by atoms with van der Waals surface area (Å²) in [6, 6.07) is 15.0. The molecule has 26 heavy (non-hydrogen) atoms. The van der Waals surface area contributed by atoms with Crippen molar-refractivity contribution >= 4 is 22.8 Å². The highest BCUT2D eigenvalue weighted by atomic mass is 16.4. The molecule has 4 rings (SSSR count). The largest absolute Gasteiger partial charge is 0.481 e. The standard InChI is InChI=1S/C20H18N2O4/c23-19(24)14-8-4-7-13-15-10-22(9-12-5-2-1-3-6-12)11-16(20(25)26)18(15)21-17(13)14/h1-8,16,21H,9-11H2,(H,23,24)(H,25,26). The van der Waals surface area contributed by atoms with E-state index in [1.807, 2.05) is 36.4 Å². The number of fused-ring (bicyclic) bond motifs is 3. The second-order valence-electron chi connectivity index (χ2n) is 6.60. The smallest absolute Gasteiger partial charge is 0.337 e. The van der Waals surface area contributed by atoms with Gasteiger partial charge in [0.05, 0.1) is 11.1 Å². The summed E-state index contributed by atoms with van der Waals surface area (Å²) in [4.78, 5) is 28.5. The first-order valence-electron chi connectivity index (χ1n) is 8.40. The van der Waals surface area contributed by atoms with Crippen molar-refractivity contribution in [2.45, 2.75) is 19.0 Å². The number of aromatic carboxylic acids is 1. The Balaban J connectivity index is 1.79. The number of hydrogen-bond acceptors (Lipinski definition) is 3. The van der Waals surface area contributed by atoms with E-state index in [9.17, 15) is 19.8 Å². The van der Waals surface area contributed by atoms with E-state index in [0.29, 0.717) is 30.8 Å². The molecule has 0 aliphatic carbocycles. The Labute approximate surface area is 149 Å². The molecule has 2 aromatic carbocycles. The van der Waals surface area contributed by atoms with Gasteiger partial charge < -0.3 is 15.2 Å². The number of H-pyrrole nitrogens is 1. The van der Waals surface area contributed by atoms with Crippen LogP contribution in [0.1, 0.15) is 33.1 Å². The summed E-state index contributed by atoms with van der Waals surface area (Å²) < 4.78 is 0. The van der Waals surface area contributed by atoms with Crippen LogP contribution in [-0.4, -0.2) is 38.6 Å². The van der Waals surface area contributed by atoms with Crippen LogP contribution in [-0.2, 0) is 17.9 Å². The average molecular weight is 350 g/mol. The van der Waals surface area contributed by atoms with Gasteiger partial charge in [-0.2, -0.15) is 0 Å². The van der Waals surface area contributed by atoms with Gasteiger partial charge in [-0.25, -0.2) is 4.79 Å². The summed E-state index contributed by atoms with van der Waals surface area (Å²) in [5, 5.41) is 19.9. The molecule has 0 spiro atoms. The molecule has 1 aromatic heterocycles. The fraction of sp³-hybridized carbons (Fsp3) is 0.200. The maximum Gasteiger partial charge on any atom is 0.337 e. The first-order valence-corrected chi connectivity index (χ1v) is 8.40. The third kappa shape index (κ3) is 2.74. The number of carboxylic acids is 2. The lowest BCUT2D eigenvalue weighted by molar-refractivity contribution is -0.139. The summed E-state index contributed by atoms with van der Waals surface area (Å²) in [5.74, 6) is -2.65. The molecule has 0 bridgehead atoms. The van der Waals surface area contributed by atoms with Gasteiger partial charge in [-0.15, -0.1) is 0 Å². The van der Waals surface area contributed by atoms with Gasteiger partial charge in [-0.1, -0.05) is 42.5 Å². The van der Waals surface area contributed by atoms with Gasteiger partial charge in [0, 0.05) is 30.7 Å². The number of aromatic amines is 1. The fourth-order valence-corrected chi connectivity index (χ4v) is 3.74. The molecule has 0 radical (unpaired) electrons. The predicted molar refractivity (Wildman–Crippen MR) is 96.2 cm³/mol. The van der Waals surface area contributed by atoms with E-state index in [1.54, 1.807) is 6.07 Å². The first kappa shape index (κ1) is 16.4. The molecule has 1 atom stereocenters. The van der Waals surface area contributed by atoms with Gasteiger partial charge in [0.2, 0.25) is 0 Å². The Kier molecular flexibility index (Phi) is 3.97. The highest BCUT2D eigenvalue weighted by molar-refractivity contribution is 6.04. The zero-order valence-corrected chi connectivity index (χ0v) is 14.0. The van der Waals surface area contributed by atoms with Crippen LogP contribution < -0.4 is 0 Å². The van der Waals surface area contributed by atoms with Crippen LogP contribution in [0.15, 0.2) is 48.5 Å². The quantitative estimate of drug-likeness (QED) is 0.672. The number of hydrogen-bond donors (Lipinski definition) is 3. The molecule has 6 nitrogen and oxygen atoms in total. The minimum absolute atomic E-state index is 0.163. The van der Waals surface area contributed by atoms with Crippen molar-refractivity contribution in [3.05, 3.63) is 70.9 Å². The summed E-state index contributed by atoms with van der Waals surface area (Å²) >= 11 is 0. The van der Waals surface area contributed by atoms with E-state index in [4.69, 9.17) is 0 Å². The summed E-state index contributed by atoms with van der Waals surface area (Å²) in [5.41, 5.74) is 3.27. The lowest BCUT2D eigenvalue weighted by atomic mass is 9.94. The van der Waals surface area contributed by atoms with Crippen LogP contribution in [0.3, 0.4) is 0 Å². The second kappa shape index (κ2) is 6.31. The van der Waals surface area contributed by atoms with Gasteiger partial charge in [0.15, 0.2) is 0 Å². The molecule has 2 heterocycles. The topological polar surface area (TPSA) is 93.6 Å². The van der Waals surface area contributed by atoms with Crippen molar-refractivity contribution < 1.29 is 19.8 Å². The van der Waals surface area contributed by atoms with Crippen molar-refractivity contribution in [1.29, 1.82) is 0 Å². The lowest BCUT2D eigenvalue weighted by Gasteiger charge is -2.31. The molecule has 1 aliphatic heterocycles. The Morgan fingerprint density at radius 1 is 1.08 bits per heavy atom. The summed E-state index contributed by atoms with van der Waals surface area (Å²) in [7, 11) is 0. The zero-order chi connectivity index (χ0) is 18.3. The number of nitrogens with one attached hydrogen (secondary N) is 1. The Morgan fingerprint density at radius 3 is 2.54 bits per heavy atom. The summed E-state index contributed by atoms with van der Waals surface area (Å²) in [6.45, 7) is 1.61. The van der Waals surface area contributed by atoms with Gasteiger partial charge in [0.1, 0.15) is 5.92 Å². The Morgan fingerprint density at radius 2 is 1.85 bits per heavy atom. The maximum atomic E-state index is 11.8. The van der Waals surface area contributed by atoms with Crippen molar-refractivity contribution in [3.63, 3.8) is 0 Å². The van der Waals surface area contributed by atoms with E-state index in [2.05, 4.69) is 9.88 Å². The molecule has 1 unspecified atom stereocenters. The van der Waals surface area contributed by atoms with Gasteiger partial charge in [0.25, 0.3) is 0 Å². The van der Waals surface area contributed by atoms with Gasteiger partial charge >= 0.3 is 11.9 Å². The van der Waals surface area contributed by atoms with Crippen LogP contribution in [0, 0.1) is 0 Å². The van der Waals surface area contributed by atoms with Crippen LogP contribution in [0.5, 0.6) is 0 Å². The second-order valence-corrected chi connectivity index (χ2v) is 6.60. The third-order valence-electron chi connectivity index (χ3n) is 4.92. The Hall–Kier alpha value is -3.12. The van der Waals surface area contributed by atoms with Crippen molar-refractivity contribution in [1.82, 2.24) is 9.88 Å². The fourth-order valence-electron chi connectivity index (χ4n) is 3.74. The molecule has 6 heteroatoms. The van der Waals surface area contributed by atoms with Crippen molar-refractivity contribution in [2.75, 3.05) is 6.54 Å². The SMILES string of the molecule is O=C(O)c1cccc2c3c([nH]c12)C(C(=O)O)CN(Cc1ccccc1)C3. The van der Waals surface area contributed by atoms with Crippen LogP contribution in [0.25, 0.3) is 10.9 Å². The zero-order valence-electron chi connectivity index (χ0n) is 14.0. The molecule has 1 aliphatic rings.